The molecule has 2 aromatic carbocycles. The highest BCUT2D eigenvalue weighted by atomic mass is 16.6. The zero-order chi connectivity index (χ0) is 21.5. The van der Waals surface area contributed by atoms with Crippen molar-refractivity contribution in [2.75, 3.05) is 46.0 Å². The van der Waals surface area contributed by atoms with Gasteiger partial charge in [0, 0.05) is 32.1 Å². The second-order valence-electron chi connectivity index (χ2n) is 9.03. The van der Waals surface area contributed by atoms with Crippen LogP contribution in [0.25, 0.3) is 11.1 Å². The first kappa shape index (κ1) is 20.2. The smallest absolute Gasteiger partial charge is 0.407 e. The number of ether oxygens (including phenoxy) is 3. The van der Waals surface area contributed by atoms with Crippen molar-refractivity contribution >= 4 is 6.09 Å². The van der Waals surface area contributed by atoms with Crippen molar-refractivity contribution in [2.24, 2.45) is 0 Å². The van der Waals surface area contributed by atoms with Gasteiger partial charge in [-0.1, -0.05) is 48.5 Å². The Kier molecular flexibility index (Phi) is 5.35. The SMILES string of the molecule is O=C(N[C@H]1CO[C@H]2[C@@H]1OC[C@@H]2N1CCNCC1)OCC1c2ccccc2-c2ccccc21. The number of hydrogen-bond acceptors (Lipinski definition) is 6. The van der Waals surface area contributed by atoms with Crippen LogP contribution in [-0.4, -0.2) is 81.3 Å². The molecule has 168 valence electrons. The van der Waals surface area contributed by atoms with E-state index in [9.17, 15) is 4.79 Å². The van der Waals surface area contributed by atoms with Crippen LogP contribution in [0, 0.1) is 0 Å². The third kappa shape index (κ3) is 3.49. The number of benzene rings is 2. The number of carbonyl (C=O) groups is 1. The van der Waals surface area contributed by atoms with Crippen LogP contribution in [0.4, 0.5) is 4.79 Å². The van der Waals surface area contributed by atoms with Gasteiger partial charge in [0.25, 0.3) is 0 Å². The highest BCUT2D eigenvalue weighted by molar-refractivity contribution is 5.79. The van der Waals surface area contributed by atoms with Crippen LogP contribution in [0.5, 0.6) is 0 Å². The minimum atomic E-state index is -0.407. The molecule has 3 saturated heterocycles. The number of fused-ring (bicyclic) bond motifs is 4. The van der Waals surface area contributed by atoms with Crippen molar-refractivity contribution < 1.29 is 19.0 Å². The molecule has 0 spiro atoms. The molecule has 0 unspecified atom stereocenters. The molecule has 3 aliphatic heterocycles. The second kappa shape index (κ2) is 8.48. The molecule has 0 aromatic heterocycles. The zero-order valence-electron chi connectivity index (χ0n) is 18.0. The van der Waals surface area contributed by atoms with Gasteiger partial charge in [0.15, 0.2) is 0 Å². The standard InChI is InChI=1S/C25H29N3O4/c29-25(27-21-14-30-24-22(15-31-23(21)24)28-11-9-26-10-12-28)32-13-20-18-7-3-1-5-16(18)17-6-2-4-8-19(17)20/h1-8,20-24,26H,9-15H2,(H,27,29)/t21-,22-,23+,24+/m0/s1. The molecule has 1 amide bonds. The monoisotopic (exact) mass is 435 g/mol. The summed E-state index contributed by atoms with van der Waals surface area (Å²) in [5.41, 5.74) is 4.87. The summed E-state index contributed by atoms with van der Waals surface area (Å²) in [5.74, 6) is 0.0561. The second-order valence-corrected chi connectivity index (χ2v) is 9.03. The van der Waals surface area contributed by atoms with Crippen molar-refractivity contribution in [1.82, 2.24) is 15.5 Å². The summed E-state index contributed by atoms with van der Waals surface area (Å²) in [4.78, 5) is 15.1. The van der Waals surface area contributed by atoms with Crippen molar-refractivity contribution in [3.63, 3.8) is 0 Å². The first-order chi connectivity index (χ1) is 15.8. The maximum atomic E-state index is 12.7. The summed E-state index contributed by atoms with van der Waals surface area (Å²) >= 11 is 0. The minimum absolute atomic E-state index is 0.00647. The Bertz CT molecular complexity index is 947. The lowest BCUT2D eigenvalue weighted by Crippen LogP contribution is -2.53. The predicted octanol–water partition coefficient (Wildman–Crippen LogP) is 1.97. The van der Waals surface area contributed by atoms with E-state index in [2.05, 4.69) is 51.9 Å². The highest BCUT2D eigenvalue weighted by Crippen LogP contribution is 2.44. The van der Waals surface area contributed by atoms with E-state index in [1.54, 1.807) is 0 Å². The predicted molar refractivity (Wildman–Crippen MR) is 120 cm³/mol. The van der Waals surface area contributed by atoms with Crippen LogP contribution >= 0.6 is 0 Å². The first-order valence-electron chi connectivity index (χ1n) is 11.6. The molecule has 0 bridgehead atoms. The van der Waals surface area contributed by atoms with Gasteiger partial charge in [-0.2, -0.15) is 0 Å². The van der Waals surface area contributed by atoms with Crippen LogP contribution in [0.3, 0.4) is 0 Å². The Labute approximate surface area is 188 Å². The number of carbonyl (C=O) groups excluding carboxylic acids is 1. The Morgan fingerprint density at radius 3 is 2.34 bits per heavy atom. The summed E-state index contributed by atoms with van der Waals surface area (Å²) in [6, 6.07) is 16.8. The van der Waals surface area contributed by atoms with Crippen LogP contribution < -0.4 is 10.6 Å². The van der Waals surface area contributed by atoms with E-state index in [1.165, 1.54) is 22.3 Å². The lowest BCUT2D eigenvalue weighted by molar-refractivity contribution is 0.0345. The fraction of sp³-hybridized carbons (Fsp3) is 0.480. The topological polar surface area (TPSA) is 72.1 Å². The molecule has 3 heterocycles. The van der Waals surface area contributed by atoms with Gasteiger partial charge in [-0.25, -0.2) is 4.79 Å². The van der Waals surface area contributed by atoms with Gasteiger partial charge < -0.3 is 24.8 Å². The summed E-state index contributed by atoms with van der Waals surface area (Å²) in [5, 5.41) is 6.39. The molecule has 2 N–H and O–H groups in total. The highest BCUT2D eigenvalue weighted by Gasteiger charge is 2.50. The van der Waals surface area contributed by atoms with E-state index in [0.29, 0.717) is 19.8 Å². The summed E-state index contributed by atoms with van der Waals surface area (Å²) in [6.07, 6.45) is -0.516. The molecule has 7 nitrogen and oxygen atoms in total. The van der Waals surface area contributed by atoms with Crippen LogP contribution in [0.2, 0.25) is 0 Å². The van der Waals surface area contributed by atoms with E-state index in [1.807, 2.05) is 12.1 Å². The molecule has 32 heavy (non-hydrogen) atoms. The molecule has 0 radical (unpaired) electrons. The van der Waals surface area contributed by atoms with E-state index in [4.69, 9.17) is 14.2 Å². The molecule has 4 aliphatic rings. The lowest BCUT2D eigenvalue weighted by Gasteiger charge is -2.34. The number of piperazine rings is 1. The number of rotatable bonds is 4. The zero-order valence-corrected chi connectivity index (χ0v) is 18.0. The van der Waals surface area contributed by atoms with Crippen molar-refractivity contribution in [1.29, 1.82) is 0 Å². The van der Waals surface area contributed by atoms with Crippen molar-refractivity contribution in [3.05, 3.63) is 59.7 Å². The number of nitrogens with one attached hydrogen (secondary N) is 2. The Hall–Kier alpha value is -2.45. The van der Waals surface area contributed by atoms with Gasteiger partial charge in [-0.05, 0) is 22.3 Å². The average molecular weight is 436 g/mol. The first-order valence-corrected chi connectivity index (χ1v) is 11.6. The molecule has 7 heteroatoms. The molecule has 0 saturated carbocycles. The van der Waals surface area contributed by atoms with Gasteiger partial charge in [-0.3, -0.25) is 4.90 Å². The number of hydrogen-bond donors (Lipinski definition) is 2. The van der Waals surface area contributed by atoms with E-state index >= 15 is 0 Å². The fourth-order valence-electron chi connectivity index (χ4n) is 5.72. The fourth-order valence-corrected chi connectivity index (χ4v) is 5.72. The average Bonchev–Trinajstić information content (AvgIpc) is 3.52. The molecule has 2 aromatic rings. The number of amides is 1. The molecule has 6 rings (SSSR count). The summed E-state index contributed by atoms with van der Waals surface area (Å²) in [7, 11) is 0. The van der Waals surface area contributed by atoms with E-state index in [0.717, 1.165) is 26.2 Å². The molecular formula is C25H29N3O4. The van der Waals surface area contributed by atoms with E-state index in [-0.39, 0.29) is 30.2 Å². The van der Waals surface area contributed by atoms with Gasteiger partial charge >= 0.3 is 6.09 Å². The number of alkyl carbamates (subject to hydrolysis) is 1. The minimum Gasteiger partial charge on any atom is -0.449 e. The van der Waals surface area contributed by atoms with E-state index < -0.39 is 6.09 Å². The van der Waals surface area contributed by atoms with Crippen LogP contribution in [0.1, 0.15) is 17.0 Å². The van der Waals surface area contributed by atoms with Gasteiger partial charge in [0.1, 0.15) is 18.8 Å². The molecule has 1 aliphatic carbocycles. The van der Waals surface area contributed by atoms with Crippen LogP contribution in [-0.2, 0) is 14.2 Å². The third-order valence-electron chi connectivity index (χ3n) is 7.29. The van der Waals surface area contributed by atoms with Gasteiger partial charge in [0.05, 0.1) is 25.3 Å². The van der Waals surface area contributed by atoms with Gasteiger partial charge in [-0.15, -0.1) is 0 Å². The summed E-state index contributed by atoms with van der Waals surface area (Å²) in [6.45, 7) is 5.42. The largest absolute Gasteiger partial charge is 0.449 e. The third-order valence-corrected chi connectivity index (χ3v) is 7.29. The number of nitrogens with zero attached hydrogens (tertiary/aromatic N) is 1. The molecular weight excluding hydrogens is 406 g/mol. The quantitative estimate of drug-likeness (QED) is 0.765. The van der Waals surface area contributed by atoms with Crippen molar-refractivity contribution in [3.8, 4) is 11.1 Å². The maximum absolute atomic E-state index is 12.7. The van der Waals surface area contributed by atoms with Gasteiger partial charge in [0.2, 0.25) is 0 Å². The lowest BCUT2D eigenvalue weighted by atomic mass is 9.98. The Morgan fingerprint density at radius 2 is 1.62 bits per heavy atom. The Balaban J connectivity index is 1.08. The maximum Gasteiger partial charge on any atom is 0.407 e. The van der Waals surface area contributed by atoms with Crippen molar-refractivity contribution in [2.45, 2.75) is 30.2 Å². The van der Waals surface area contributed by atoms with Crippen LogP contribution in [0.15, 0.2) is 48.5 Å². The Morgan fingerprint density at radius 1 is 0.969 bits per heavy atom. The molecule has 3 fully saturated rings. The molecule has 4 atom stereocenters. The normalized spacial score (nSPS) is 29.4. The summed E-state index contributed by atoms with van der Waals surface area (Å²) < 4.78 is 17.9.